The molecule has 0 unspecified atom stereocenters. The predicted octanol–water partition coefficient (Wildman–Crippen LogP) is 1.58. The number of nitrogens with zero attached hydrogens (tertiary/aromatic N) is 3. The summed E-state index contributed by atoms with van der Waals surface area (Å²) in [5, 5.41) is 6.89. The van der Waals surface area contributed by atoms with E-state index in [4.69, 9.17) is 26.1 Å². The van der Waals surface area contributed by atoms with E-state index in [1.165, 1.54) is 0 Å². The highest BCUT2D eigenvalue weighted by Crippen LogP contribution is 2.24. The average molecular weight is 440 g/mol. The topological polar surface area (TPSA) is 78.4 Å². The van der Waals surface area contributed by atoms with Crippen LogP contribution in [0.3, 0.4) is 0 Å². The molecule has 2 N–H and O–H groups in total. The lowest BCUT2D eigenvalue weighted by molar-refractivity contribution is -0.122. The number of piperazine rings is 1. The molecule has 0 saturated carbocycles. The molecule has 0 atom stereocenters. The van der Waals surface area contributed by atoms with Crippen molar-refractivity contribution in [2.24, 2.45) is 4.99 Å². The van der Waals surface area contributed by atoms with Gasteiger partial charge in [-0.1, -0.05) is 17.7 Å². The molecule has 1 aromatic carbocycles. The molecule has 1 fully saturated rings. The number of carbonyl (C=O) groups is 1. The number of hydrogen-bond acceptors (Lipinski definition) is 5. The molecule has 0 aliphatic carbocycles. The third-order valence-electron chi connectivity index (χ3n) is 4.73. The first-order valence-corrected chi connectivity index (χ1v) is 10.9. The number of nitrogens with one attached hydrogen (secondary N) is 2. The van der Waals surface area contributed by atoms with Gasteiger partial charge in [-0.05, 0) is 26.0 Å². The predicted molar refractivity (Wildman–Crippen MR) is 120 cm³/mol. The minimum absolute atomic E-state index is 0.0345. The van der Waals surface area contributed by atoms with Gasteiger partial charge in [0.15, 0.2) is 5.96 Å². The Balaban J connectivity index is 1.92. The molecule has 1 aliphatic heterocycles. The first-order chi connectivity index (χ1) is 14.6. The fourth-order valence-corrected chi connectivity index (χ4v) is 3.37. The first kappa shape index (κ1) is 24.2. The maximum Gasteiger partial charge on any atom is 0.234 e. The van der Waals surface area contributed by atoms with E-state index in [9.17, 15) is 4.79 Å². The van der Waals surface area contributed by atoms with Crippen LogP contribution in [0.4, 0.5) is 0 Å². The van der Waals surface area contributed by atoms with Gasteiger partial charge in [0.05, 0.1) is 26.3 Å². The molecule has 9 heteroatoms. The SMILES string of the molecule is CCNC(=NCc1ccc(Cl)cc1OCC)N1CCN(CC(=O)NCCOC)CC1. The summed E-state index contributed by atoms with van der Waals surface area (Å²) in [5.41, 5.74) is 1.00. The highest BCUT2D eigenvalue weighted by molar-refractivity contribution is 6.30. The molecule has 1 heterocycles. The number of hydrogen-bond donors (Lipinski definition) is 2. The summed E-state index contributed by atoms with van der Waals surface area (Å²) in [7, 11) is 1.62. The monoisotopic (exact) mass is 439 g/mol. The van der Waals surface area contributed by atoms with E-state index < -0.39 is 0 Å². The zero-order valence-electron chi connectivity index (χ0n) is 18.2. The number of carbonyl (C=O) groups excluding carboxylic acids is 1. The summed E-state index contributed by atoms with van der Waals surface area (Å²) in [5.74, 6) is 1.68. The van der Waals surface area contributed by atoms with E-state index in [1.54, 1.807) is 7.11 Å². The summed E-state index contributed by atoms with van der Waals surface area (Å²) in [6.45, 7) is 10.6. The van der Waals surface area contributed by atoms with Crippen LogP contribution in [0, 0.1) is 0 Å². The molecule has 0 spiro atoms. The molecular formula is C21H34ClN5O3. The third-order valence-corrected chi connectivity index (χ3v) is 4.97. The Hall–Kier alpha value is -2.03. The van der Waals surface area contributed by atoms with Crippen LogP contribution in [0.2, 0.25) is 5.02 Å². The highest BCUT2D eigenvalue weighted by atomic mass is 35.5. The largest absolute Gasteiger partial charge is 0.493 e. The summed E-state index contributed by atoms with van der Waals surface area (Å²) >= 11 is 6.10. The van der Waals surface area contributed by atoms with Gasteiger partial charge in [-0.25, -0.2) is 4.99 Å². The number of benzene rings is 1. The molecule has 1 aromatic rings. The second-order valence-electron chi connectivity index (χ2n) is 6.96. The van der Waals surface area contributed by atoms with Crippen molar-refractivity contribution in [3.8, 4) is 5.75 Å². The van der Waals surface area contributed by atoms with E-state index >= 15 is 0 Å². The second-order valence-corrected chi connectivity index (χ2v) is 7.40. The van der Waals surface area contributed by atoms with Crippen molar-refractivity contribution in [3.05, 3.63) is 28.8 Å². The maximum absolute atomic E-state index is 12.0. The lowest BCUT2D eigenvalue weighted by Crippen LogP contribution is -2.54. The molecule has 1 saturated heterocycles. The summed E-state index contributed by atoms with van der Waals surface area (Å²) < 4.78 is 10.7. The van der Waals surface area contributed by atoms with Crippen molar-refractivity contribution in [3.63, 3.8) is 0 Å². The van der Waals surface area contributed by atoms with E-state index in [0.29, 0.717) is 37.9 Å². The van der Waals surface area contributed by atoms with Crippen LogP contribution in [0.15, 0.2) is 23.2 Å². The molecule has 8 nitrogen and oxygen atoms in total. The molecule has 1 amide bonds. The minimum Gasteiger partial charge on any atom is -0.493 e. The number of guanidine groups is 1. The Morgan fingerprint density at radius 1 is 1.20 bits per heavy atom. The quantitative estimate of drug-likeness (QED) is 0.327. The Morgan fingerprint density at radius 3 is 2.63 bits per heavy atom. The second kappa shape index (κ2) is 13.3. The van der Waals surface area contributed by atoms with Gasteiger partial charge in [-0.15, -0.1) is 0 Å². The van der Waals surface area contributed by atoms with Crippen LogP contribution in [0.5, 0.6) is 5.75 Å². The zero-order valence-corrected chi connectivity index (χ0v) is 19.0. The van der Waals surface area contributed by atoms with Crippen molar-refractivity contribution >= 4 is 23.5 Å². The highest BCUT2D eigenvalue weighted by Gasteiger charge is 2.21. The normalized spacial score (nSPS) is 15.2. The van der Waals surface area contributed by atoms with Gasteiger partial charge in [0.25, 0.3) is 0 Å². The summed E-state index contributed by atoms with van der Waals surface area (Å²) in [4.78, 5) is 21.2. The Bertz CT molecular complexity index is 693. The maximum atomic E-state index is 12.0. The van der Waals surface area contributed by atoms with E-state index in [1.807, 2.05) is 25.1 Å². The van der Waals surface area contributed by atoms with Gasteiger partial charge in [-0.2, -0.15) is 0 Å². The summed E-state index contributed by atoms with van der Waals surface area (Å²) in [6.07, 6.45) is 0. The van der Waals surface area contributed by atoms with E-state index in [2.05, 4.69) is 27.4 Å². The molecule has 168 valence electrons. The third kappa shape index (κ3) is 8.01. The Labute approximate surface area is 184 Å². The fraction of sp³-hybridized carbons (Fsp3) is 0.619. The number of ether oxygens (including phenoxy) is 2. The summed E-state index contributed by atoms with van der Waals surface area (Å²) in [6, 6.07) is 5.65. The van der Waals surface area contributed by atoms with Gasteiger partial charge < -0.3 is 25.0 Å². The van der Waals surface area contributed by atoms with Gasteiger partial charge in [0, 0.05) is 57.0 Å². The molecule has 30 heavy (non-hydrogen) atoms. The fourth-order valence-electron chi connectivity index (χ4n) is 3.20. The van der Waals surface area contributed by atoms with Crippen molar-refractivity contribution < 1.29 is 14.3 Å². The van der Waals surface area contributed by atoms with E-state index in [0.717, 1.165) is 50.0 Å². The van der Waals surface area contributed by atoms with Gasteiger partial charge in [0.1, 0.15) is 5.75 Å². The van der Waals surface area contributed by atoms with Crippen LogP contribution in [-0.2, 0) is 16.1 Å². The first-order valence-electron chi connectivity index (χ1n) is 10.5. The van der Waals surface area contributed by atoms with Gasteiger partial charge in [-0.3, -0.25) is 9.69 Å². The Kier molecular flexibility index (Phi) is 10.8. The smallest absolute Gasteiger partial charge is 0.234 e. The molecule has 0 bridgehead atoms. The van der Waals surface area contributed by atoms with Crippen molar-refractivity contribution in [2.45, 2.75) is 20.4 Å². The van der Waals surface area contributed by atoms with Gasteiger partial charge in [0.2, 0.25) is 5.91 Å². The van der Waals surface area contributed by atoms with E-state index in [-0.39, 0.29) is 5.91 Å². The standard InChI is InChI=1S/C21H34ClN5O3/c1-4-23-21(25-15-17-6-7-18(22)14-19(17)30-5-2)27-11-9-26(10-12-27)16-20(28)24-8-13-29-3/h6-7,14H,4-5,8-13,15-16H2,1-3H3,(H,23,25)(H,24,28). The van der Waals surface area contributed by atoms with Crippen LogP contribution in [-0.4, -0.2) is 87.8 Å². The number of halogens is 1. The van der Waals surface area contributed by atoms with Crippen LogP contribution >= 0.6 is 11.6 Å². The van der Waals surface area contributed by atoms with Crippen molar-refractivity contribution in [1.29, 1.82) is 0 Å². The number of aliphatic imine (C=N–C) groups is 1. The van der Waals surface area contributed by atoms with Crippen LogP contribution in [0.25, 0.3) is 0 Å². The number of amides is 1. The number of methoxy groups -OCH3 is 1. The molecule has 0 aromatic heterocycles. The zero-order chi connectivity index (χ0) is 21.8. The lowest BCUT2D eigenvalue weighted by Gasteiger charge is -2.36. The molecule has 1 aliphatic rings. The number of rotatable bonds is 10. The lowest BCUT2D eigenvalue weighted by atomic mass is 10.2. The minimum atomic E-state index is 0.0345. The average Bonchev–Trinajstić information content (AvgIpc) is 2.73. The van der Waals surface area contributed by atoms with Gasteiger partial charge >= 0.3 is 0 Å². The molecule has 2 rings (SSSR count). The van der Waals surface area contributed by atoms with Crippen molar-refractivity contribution in [1.82, 2.24) is 20.4 Å². The molecular weight excluding hydrogens is 406 g/mol. The van der Waals surface area contributed by atoms with Crippen LogP contribution in [0.1, 0.15) is 19.4 Å². The van der Waals surface area contributed by atoms with Crippen LogP contribution < -0.4 is 15.4 Å². The van der Waals surface area contributed by atoms with Crippen molar-refractivity contribution in [2.75, 3.05) is 66.1 Å². The Morgan fingerprint density at radius 2 is 1.97 bits per heavy atom. The molecule has 0 radical (unpaired) electrons.